The molecule has 0 amide bonds. The SMILES string of the molecule is CC(C#N)(CN1CCCCc2ccccc21)NC1CC1. The molecule has 0 radical (unpaired) electrons. The molecule has 1 N–H and O–H groups in total. The molecule has 1 unspecified atom stereocenters. The molecule has 3 heteroatoms. The summed E-state index contributed by atoms with van der Waals surface area (Å²) in [6.45, 7) is 3.87. The number of rotatable bonds is 4. The zero-order chi connectivity index (χ0) is 14.0. The Morgan fingerprint density at radius 3 is 2.90 bits per heavy atom. The summed E-state index contributed by atoms with van der Waals surface area (Å²) in [5, 5.41) is 13.1. The van der Waals surface area contributed by atoms with Gasteiger partial charge in [-0.2, -0.15) is 5.26 Å². The highest BCUT2D eigenvalue weighted by Gasteiger charge is 2.34. The number of hydrogen-bond donors (Lipinski definition) is 1. The number of aryl methyl sites for hydroxylation is 1. The number of hydrogen-bond acceptors (Lipinski definition) is 3. The van der Waals surface area contributed by atoms with Gasteiger partial charge in [0, 0.05) is 24.8 Å². The van der Waals surface area contributed by atoms with E-state index in [-0.39, 0.29) is 0 Å². The summed E-state index contributed by atoms with van der Waals surface area (Å²) in [5.41, 5.74) is 2.30. The lowest BCUT2D eigenvalue weighted by Crippen LogP contribution is -2.51. The average molecular weight is 269 g/mol. The van der Waals surface area contributed by atoms with Gasteiger partial charge in [0.1, 0.15) is 5.54 Å². The molecule has 3 rings (SSSR count). The summed E-state index contributed by atoms with van der Waals surface area (Å²) in [5.74, 6) is 0. The number of para-hydroxylation sites is 1. The van der Waals surface area contributed by atoms with Crippen molar-refractivity contribution >= 4 is 5.69 Å². The van der Waals surface area contributed by atoms with Crippen molar-refractivity contribution in [2.75, 3.05) is 18.0 Å². The predicted octanol–water partition coefficient (Wildman–Crippen LogP) is 2.86. The molecule has 2 aliphatic rings. The molecule has 3 nitrogen and oxygen atoms in total. The smallest absolute Gasteiger partial charge is 0.121 e. The molecule has 20 heavy (non-hydrogen) atoms. The summed E-state index contributed by atoms with van der Waals surface area (Å²) in [7, 11) is 0. The molecule has 1 aliphatic carbocycles. The molecule has 0 aromatic heterocycles. The molecule has 1 heterocycles. The standard InChI is InChI=1S/C17H23N3/c1-17(12-18,19-15-9-10-15)13-20-11-5-4-7-14-6-2-3-8-16(14)20/h2-3,6,8,15,19H,4-5,7,9-11,13H2,1H3. The maximum absolute atomic E-state index is 9.57. The minimum atomic E-state index is -0.446. The van der Waals surface area contributed by atoms with Crippen LogP contribution in [-0.4, -0.2) is 24.7 Å². The maximum Gasteiger partial charge on any atom is 0.121 e. The van der Waals surface area contributed by atoms with Crippen molar-refractivity contribution in [2.45, 2.75) is 50.6 Å². The van der Waals surface area contributed by atoms with Crippen molar-refractivity contribution in [1.82, 2.24) is 5.32 Å². The Labute approximate surface area is 121 Å². The summed E-state index contributed by atoms with van der Waals surface area (Å²) >= 11 is 0. The molecule has 1 atom stereocenters. The molecule has 0 saturated heterocycles. The van der Waals surface area contributed by atoms with Crippen molar-refractivity contribution in [1.29, 1.82) is 5.26 Å². The van der Waals surface area contributed by atoms with Crippen LogP contribution in [0, 0.1) is 11.3 Å². The highest BCUT2D eigenvalue weighted by molar-refractivity contribution is 5.55. The van der Waals surface area contributed by atoms with E-state index in [9.17, 15) is 5.26 Å². The largest absolute Gasteiger partial charge is 0.368 e. The van der Waals surface area contributed by atoms with Gasteiger partial charge < -0.3 is 4.90 Å². The second-order valence-corrected chi connectivity index (χ2v) is 6.37. The van der Waals surface area contributed by atoms with Crippen molar-refractivity contribution in [3.05, 3.63) is 29.8 Å². The van der Waals surface area contributed by atoms with Crippen LogP contribution in [0.4, 0.5) is 5.69 Å². The molecule has 0 spiro atoms. The first-order valence-corrected chi connectivity index (χ1v) is 7.72. The molecule has 1 saturated carbocycles. The van der Waals surface area contributed by atoms with E-state index in [1.165, 1.54) is 36.9 Å². The van der Waals surface area contributed by atoms with Gasteiger partial charge in [-0.3, -0.25) is 5.32 Å². The van der Waals surface area contributed by atoms with E-state index in [1.54, 1.807) is 0 Å². The Bertz CT molecular complexity index is 515. The first-order chi connectivity index (χ1) is 9.70. The van der Waals surface area contributed by atoms with Crippen LogP contribution in [-0.2, 0) is 6.42 Å². The van der Waals surface area contributed by atoms with Crippen LogP contribution in [0.1, 0.15) is 38.2 Å². The zero-order valence-corrected chi connectivity index (χ0v) is 12.2. The van der Waals surface area contributed by atoms with Gasteiger partial charge in [-0.25, -0.2) is 0 Å². The van der Waals surface area contributed by atoms with Gasteiger partial charge in [0.05, 0.1) is 6.07 Å². The lowest BCUT2D eigenvalue weighted by molar-refractivity contribution is 0.437. The molecule has 1 aliphatic heterocycles. The van der Waals surface area contributed by atoms with Gasteiger partial charge in [-0.1, -0.05) is 18.2 Å². The highest BCUT2D eigenvalue weighted by atomic mass is 15.2. The van der Waals surface area contributed by atoms with Crippen LogP contribution in [0.2, 0.25) is 0 Å². The van der Waals surface area contributed by atoms with Crippen LogP contribution in [0.3, 0.4) is 0 Å². The van der Waals surface area contributed by atoms with Crippen LogP contribution < -0.4 is 10.2 Å². The van der Waals surface area contributed by atoms with Gasteiger partial charge in [-0.15, -0.1) is 0 Å². The Balaban J connectivity index is 1.80. The number of nitrogens with zero attached hydrogens (tertiary/aromatic N) is 2. The quantitative estimate of drug-likeness (QED) is 0.913. The Morgan fingerprint density at radius 2 is 2.15 bits per heavy atom. The molecular formula is C17H23N3. The number of nitrogens with one attached hydrogen (secondary N) is 1. The van der Waals surface area contributed by atoms with Crippen molar-refractivity contribution in [3.8, 4) is 6.07 Å². The second kappa shape index (κ2) is 5.46. The first-order valence-electron chi connectivity index (χ1n) is 7.72. The fraction of sp³-hybridized carbons (Fsp3) is 0.588. The third-order valence-corrected chi connectivity index (χ3v) is 4.31. The maximum atomic E-state index is 9.57. The van der Waals surface area contributed by atoms with E-state index >= 15 is 0 Å². The fourth-order valence-electron chi connectivity index (χ4n) is 3.11. The summed E-state index contributed by atoms with van der Waals surface area (Å²) in [6.07, 6.45) is 6.04. The molecule has 1 aromatic rings. The van der Waals surface area contributed by atoms with Crippen LogP contribution in [0.15, 0.2) is 24.3 Å². The average Bonchev–Trinajstić information content (AvgIpc) is 3.27. The van der Waals surface area contributed by atoms with Crippen LogP contribution >= 0.6 is 0 Å². The number of fused-ring (bicyclic) bond motifs is 1. The van der Waals surface area contributed by atoms with Gasteiger partial charge in [0.15, 0.2) is 0 Å². The molecule has 1 aromatic carbocycles. The Kier molecular flexibility index (Phi) is 3.67. The van der Waals surface area contributed by atoms with Gasteiger partial charge in [0.25, 0.3) is 0 Å². The van der Waals surface area contributed by atoms with Gasteiger partial charge >= 0.3 is 0 Å². The number of benzene rings is 1. The van der Waals surface area contributed by atoms with Gasteiger partial charge in [0.2, 0.25) is 0 Å². The third-order valence-electron chi connectivity index (χ3n) is 4.31. The summed E-state index contributed by atoms with van der Waals surface area (Å²) < 4.78 is 0. The predicted molar refractivity (Wildman–Crippen MR) is 81.8 cm³/mol. The summed E-state index contributed by atoms with van der Waals surface area (Å²) in [4.78, 5) is 2.40. The first kappa shape index (κ1) is 13.5. The van der Waals surface area contributed by atoms with E-state index in [0.717, 1.165) is 19.5 Å². The Hall–Kier alpha value is -1.53. The van der Waals surface area contributed by atoms with Crippen molar-refractivity contribution < 1.29 is 0 Å². The van der Waals surface area contributed by atoms with Crippen LogP contribution in [0.5, 0.6) is 0 Å². The number of anilines is 1. The summed E-state index contributed by atoms with van der Waals surface area (Å²) in [6, 6.07) is 11.7. The minimum Gasteiger partial charge on any atom is -0.368 e. The van der Waals surface area contributed by atoms with Crippen molar-refractivity contribution in [3.63, 3.8) is 0 Å². The monoisotopic (exact) mass is 269 g/mol. The van der Waals surface area contributed by atoms with E-state index in [2.05, 4.69) is 40.6 Å². The lowest BCUT2D eigenvalue weighted by Gasteiger charge is -2.33. The Morgan fingerprint density at radius 1 is 1.35 bits per heavy atom. The molecule has 1 fully saturated rings. The highest BCUT2D eigenvalue weighted by Crippen LogP contribution is 2.28. The van der Waals surface area contributed by atoms with E-state index in [0.29, 0.717) is 6.04 Å². The fourth-order valence-corrected chi connectivity index (χ4v) is 3.11. The van der Waals surface area contributed by atoms with Crippen LogP contribution in [0.25, 0.3) is 0 Å². The van der Waals surface area contributed by atoms with E-state index < -0.39 is 5.54 Å². The van der Waals surface area contributed by atoms with Crippen molar-refractivity contribution in [2.24, 2.45) is 0 Å². The number of nitriles is 1. The van der Waals surface area contributed by atoms with E-state index in [1.807, 2.05) is 6.92 Å². The third kappa shape index (κ3) is 2.96. The lowest BCUT2D eigenvalue weighted by atomic mass is 10.0. The topological polar surface area (TPSA) is 39.1 Å². The molecule has 0 bridgehead atoms. The minimum absolute atomic E-state index is 0.446. The molecule has 106 valence electrons. The second-order valence-electron chi connectivity index (χ2n) is 6.37. The van der Waals surface area contributed by atoms with E-state index in [4.69, 9.17) is 0 Å². The zero-order valence-electron chi connectivity index (χ0n) is 12.2. The van der Waals surface area contributed by atoms with Gasteiger partial charge in [-0.05, 0) is 50.7 Å². The normalized spacial score (nSPS) is 21.5. The molecular weight excluding hydrogens is 246 g/mol.